The molecule has 0 radical (unpaired) electrons. The second-order valence-corrected chi connectivity index (χ2v) is 16.4. The van der Waals surface area contributed by atoms with E-state index in [2.05, 4.69) is 72.5 Å². The van der Waals surface area contributed by atoms with Crippen LogP contribution in [0.1, 0.15) is 88.0 Å². The maximum absolute atomic E-state index is 12.5. The molecule has 7 heteroatoms. The van der Waals surface area contributed by atoms with Gasteiger partial charge in [0, 0.05) is 0 Å². The highest BCUT2D eigenvalue weighted by atomic mass is 28.4. The molecule has 0 bridgehead atoms. The molecule has 1 saturated carbocycles. The van der Waals surface area contributed by atoms with Crippen LogP contribution in [-0.2, 0) is 9.16 Å². The van der Waals surface area contributed by atoms with Crippen LogP contribution in [-0.4, -0.2) is 26.6 Å². The summed E-state index contributed by atoms with van der Waals surface area (Å²) in [6.07, 6.45) is 2.06. The first kappa shape index (κ1) is 22.8. The first-order valence-corrected chi connectivity index (χ1v) is 11.4. The summed E-state index contributed by atoms with van der Waals surface area (Å²) < 4.78 is 11.3. The zero-order valence-electron chi connectivity index (χ0n) is 17.9. The van der Waals surface area contributed by atoms with Crippen molar-refractivity contribution in [2.75, 3.05) is 0 Å². The topological polar surface area (TPSA) is 77.3 Å². The third-order valence-corrected chi connectivity index (χ3v) is 12.0. The number of hydrogen-bond acceptors (Lipinski definition) is 4. The third-order valence-electron chi connectivity index (χ3n) is 5.19. The Bertz CT molecular complexity index is 511. The van der Waals surface area contributed by atoms with E-state index >= 15 is 0 Å². The van der Waals surface area contributed by atoms with E-state index in [1.54, 1.807) is 0 Å². The molecule has 1 aliphatic rings. The van der Waals surface area contributed by atoms with Crippen LogP contribution in [0.2, 0.25) is 15.1 Å². The van der Waals surface area contributed by atoms with Gasteiger partial charge in [0.15, 0.2) is 0 Å². The number of rotatable bonds is 2. The van der Waals surface area contributed by atoms with Crippen molar-refractivity contribution in [2.45, 2.75) is 109 Å². The smallest absolute Gasteiger partial charge is 0.452 e. The Balaban J connectivity index is 2.99. The maximum Gasteiger partial charge on any atom is 0.452 e. The van der Waals surface area contributed by atoms with Gasteiger partial charge in [-0.1, -0.05) is 72.5 Å². The molecule has 0 aromatic heterocycles. The van der Waals surface area contributed by atoms with Gasteiger partial charge in [-0.2, -0.15) is 0 Å². The second-order valence-electron chi connectivity index (χ2n) is 10.3. The van der Waals surface area contributed by atoms with Gasteiger partial charge in [0.2, 0.25) is 0 Å². The zero-order chi connectivity index (χ0) is 20.4. The SMILES string of the molecule is CC(C)(C)[Si](OC(=O)N=NC(=O)OC1CCCC1)(C(C)(C)C)C(C)(C)C. The molecule has 150 valence electrons. The molecule has 6 nitrogen and oxygen atoms in total. The molecule has 0 aromatic carbocycles. The zero-order valence-corrected chi connectivity index (χ0v) is 18.9. The van der Waals surface area contributed by atoms with Crippen molar-refractivity contribution in [2.24, 2.45) is 10.2 Å². The number of hydrogen-bond donors (Lipinski definition) is 0. The summed E-state index contributed by atoms with van der Waals surface area (Å²) >= 11 is 0. The fourth-order valence-electron chi connectivity index (χ4n) is 5.24. The second kappa shape index (κ2) is 7.78. The van der Waals surface area contributed by atoms with Gasteiger partial charge in [0.25, 0.3) is 8.32 Å². The standard InChI is InChI=1S/C19H36N2O4Si/c1-17(2,3)26(18(4,5)6,19(7,8)9)25-16(23)21-20-15(22)24-14-12-10-11-13-14/h14H,10-13H2,1-9H3. The van der Waals surface area contributed by atoms with E-state index in [1.807, 2.05) is 0 Å². The fourth-order valence-corrected chi connectivity index (χ4v) is 13.2. The van der Waals surface area contributed by atoms with Gasteiger partial charge < -0.3 is 9.16 Å². The van der Waals surface area contributed by atoms with Crippen molar-refractivity contribution < 1.29 is 18.8 Å². The third kappa shape index (κ3) is 4.93. The molecule has 1 fully saturated rings. The molecule has 2 amide bonds. The van der Waals surface area contributed by atoms with Crippen LogP contribution in [0, 0.1) is 0 Å². The fraction of sp³-hybridized carbons (Fsp3) is 0.895. The number of amides is 2. The Morgan fingerprint density at radius 1 is 0.769 bits per heavy atom. The van der Waals surface area contributed by atoms with Crippen LogP contribution in [0.4, 0.5) is 9.59 Å². The van der Waals surface area contributed by atoms with Crippen molar-refractivity contribution in [3.05, 3.63) is 0 Å². The molecule has 26 heavy (non-hydrogen) atoms. The van der Waals surface area contributed by atoms with Crippen LogP contribution in [0.3, 0.4) is 0 Å². The molecule has 0 N–H and O–H groups in total. The number of carbonyl (C=O) groups excluding carboxylic acids is 2. The molecule has 0 aliphatic heterocycles. The molecule has 0 unspecified atom stereocenters. The Morgan fingerprint density at radius 3 is 1.54 bits per heavy atom. The summed E-state index contributed by atoms with van der Waals surface area (Å²) in [4.78, 5) is 24.3. The largest absolute Gasteiger partial charge is 0.499 e. The van der Waals surface area contributed by atoms with Crippen LogP contribution < -0.4 is 0 Å². The lowest BCUT2D eigenvalue weighted by Crippen LogP contribution is -2.61. The molecule has 0 heterocycles. The van der Waals surface area contributed by atoms with Crippen molar-refractivity contribution in [1.29, 1.82) is 0 Å². The van der Waals surface area contributed by atoms with E-state index in [1.165, 1.54) is 0 Å². The van der Waals surface area contributed by atoms with Gasteiger partial charge in [-0.15, -0.1) is 0 Å². The molecule has 0 atom stereocenters. The van der Waals surface area contributed by atoms with Gasteiger partial charge in [-0.05, 0) is 40.8 Å². The van der Waals surface area contributed by atoms with E-state index in [0.29, 0.717) is 0 Å². The first-order chi connectivity index (χ1) is 11.6. The molecule has 0 aromatic rings. The number of azo groups is 1. The van der Waals surface area contributed by atoms with Gasteiger partial charge in [0.05, 0.1) is 0 Å². The van der Waals surface area contributed by atoms with Crippen LogP contribution >= 0.6 is 0 Å². The highest BCUT2D eigenvalue weighted by molar-refractivity contribution is 6.83. The lowest BCUT2D eigenvalue weighted by Gasteiger charge is -2.56. The van der Waals surface area contributed by atoms with E-state index in [-0.39, 0.29) is 21.2 Å². The first-order valence-electron chi connectivity index (χ1n) is 9.47. The maximum atomic E-state index is 12.5. The minimum atomic E-state index is -2.73. The van der Waals surface area contributed by atoms with Crippen LogP contribution in [0.5, 0.6) is 0 Å². The Labute approximate surface area is 159 Å². The van der Waals surface area contributed by atoms with Crippen molar-refractivity contribution in [3.63, 3.8) is 0 Å². The summed E-state index contributed by atoms with van der Waals surface area (Å²) in [6.45, 7) is 19.0. The monoisotopic (exact) mass is 384 g/mol. The van der Waals surface area contributed by atoms with Crippen molar-refractivity contribution >= 4 is 20.5 Å². The van der Waals surface area contributed by atoms with Gasteiger partial charge in [-0.3, -0.25) is 0 Å². The molecular weight excluding hydrogens is 348 g/mol. The van der Waals surface area contributed by atoms with E-state index in [0.717, 1.165) is 25.7 Å². The molecule has 0 saturated heterocycles. The predicted octanol–water partition coefficient (Wildman–Crippen LogP) is 7.00. The normalized spacial score (nSPS) is 17.6. The minimum absolute atomic E-state index is 0.107. The molecule has 0 spiro atoms. The molecular formula is C19H36N2O4Si. The summed E-state index contributed by atoms with van der Waals surface area (Å²) in [6, 6.07) is 0. The Kier molecular flexibility index (Phi) is 6.82. The van der Waals surface area contributed by atoms with E-state index in [9.17, 15) is 9.59 Å². The Hall–Kier alpha value is -1.24. The lowest BCUT2D eigenvalue weighted by molar-refractivity contribution is 0.108. The van der Waals surface area contributed by atoms with Crippen molar-refractivity contribution in [3.8, 4) is 0 Å². The summed E-state index contributed by atoms with van der Waals surface area (Å²) in [7, 11) is -2.73. The molecule has 1 aliphatic carbocycles. The van der Waals surface area contributed by atoms with Gasteiger partial charge in [0.1, 0.15) is 6.10 Å². The molecule has 1 rings (SSSR count). The van der Waals surface area contributed by atoms with Gasteiger partial charge in [-0.25, -0.2) is 9.59 Å². The Morgan fingerprint density at radius 2 is 1.15 bits per heavy atom. The highest BCUT2D eigenvalue weighted by Gasteiger charge is 2.64. The summed E-state index contributed by atoms with van der Waals surface area (Å²) in [5, 5.41) is 6.28. The summed E-state index contributed by atoms with van der Waals surface area (Å²) in [5.74, 6) is 0. The number of nitrogens with zero attached hydrogens (tertiary/aromatic N) is 2. The average Bonchev–Trinajstić information content (AvgIpc) is 2.91. The number of ether oxygens (including phenoxy) is 1. The van der Waals surface area contributed by atoms with Crippen LogP contribution in [0.25, 0.3) is 0 Å². The summed E-state index contributed by atoms with van der Waals surface area (Å²) in [5.41, 5.74) is 0. The average molecular weight is 385 g/mol. The van der Waals surface area contributed by atoms with Gasteiger partial charge >= 0.3 is 12.2 Å². The van der Waals surface area contributed by atoms with Crippen molar-refractivity contribution in [1.82, 2.24) is 0 Å². The van der Waals surface area contributed by atoms with E-state index in [4.69, 9.17) is 9.16 Å². The van der Waals surface area contributed by atoms with E-state index < -0.39 is 20.5 Å². The lowest BCUT2D eigenvalue weighted by atomic mass is 10.2. The van der Waals surface area contributed by atoms with Crippen LogP contribution in [0.15, 0.2) is 10.2 Å². The number of carbonyl (C=O) groups is 2. The highest BCUT2D eigenvalue weighted by Crippen LogP contribution is 2.62. The quantitative estimate of drug-likeness (QED) is 0.379. The minimum Gasteiger partial charge on any atom is -0.499 e. The predicted molar refractivity (Wildman–Crippen MR) is 105 cm³/mol.